The summed E-state index contributed by atoms with van der Waals surface area (Å²) in [4.78, 5) is 12.0. The van der Waals surface area contributed by atoms with Crippen molar-refractivity contribution in [3.63, 3.8) is 0 Å². The summed E-state index contributed by atoms with van der Waals surface area (Å²) in [6.07, 6.45) is 1.61. The van der Waals surface area contributed by atoms with E-state index < -0.39 is 12.0 Å². The van der Waals surface area contributed by atoms with E-state index in [9.17, 15) is 14.3 Å². The van der Waals surface area contributed by atoms with Gasteiger partial charge in [-0.15, -0.1) is 0 Å². The number of carbonyl (C=O) groups is 1. The van der Waals surface area contributed by atoms with Crippen molar-refractivity contribution in [3.8, 4) is 11.3 Å². The number of carbonyl (C=O) groups excluding carboxylic acids is 1. The molecule has 1 aromatic heterocycles. The SMILES string of the molecule is O=C(NCC(O)COCC1CC1)c1cc(-c2ccc(F)cc2)on1. The summed E-state index contributed by atoms with van der Waals surface area (Å²) in [6.45, 7) is 0.925. The summed E-state index contributed by atoms with van der Waals surface area (Å²) in [6, 6.07) is 7.15. The third-order valence-electron chi connectivity index (χ3n) is 3.73. The quantitative estimate of drug-likeness (QED) is 0.771. The number of benzene rings is 1. The first-order valence-corrected chi connectivity index (χ1v) is 7.88. The van der Waals surface area contributed by atoms with Gasteiger partial charge in [-0.25, -0.2) is 4.39 Å². The highest BCUT2D eigenvalue weighted by Gasteiger charge is 2.21. The Kier molecular flexibility index (Phi) is 5.22. The van der Waals surface area contributed by atoms with Crippen molar-refractivity contribution in [1.82, 2.24) is 10.5 Å². The van der Waals surface area contributed by atoms with E-state index in [0.29, 0.717) is 23.8 Å². The fourth-order valence-corrected chi connectivity index (χ4v) is 2.15. The number of nitrogens with one attached hydrogen (secondary N) is 1. The van der Waals surface area contributed by atoms with E-state index in [1.54, 1.807) is 12.1 Å². The number of ether oxygens (including phenoxy) is 1. The fraction of sp³-hybridized carbons (Fsp3) is 0.412. The average Bonchev–Trinajstić information content (AvgIpc) is 3.27. The van der Waals surface area contributed by atoms with Crippen LogP contribution in [0.25, 0.3) is 11.3 Å². The fourth-order valence-electron chi connectivity index (χ4n) is 2.15. The van der Waals surface area contributed by atoms with Gasteiger partial charge in [0.25, 0.3) is 5.91 Å². The molecule has 1 aromatic carbocycles. The molecule has 1 aliphatic rings. The minimum atomic E-state index is -0.767. The summed E-state index contributed by atoms with van der Waals surface area (Å²) in [7, 11) is 0. The first kappa shape index (κ1) is 16.6. The first-order valence-electron chi connectivity index (χ1n) is 7.88. The molecule has 24 heavy (non-hydrogen) atoms. The lowest BCUT2D eigenvalue weighted by atomic mass is 10.1. The van der Waals surface area contributed by atoms with Crippen LogP contribution < -0.4 is 5.32 Å². The lowest BCUT2D eigenvalue weighted by Crippen LogP contribution is -2.34. The summed E-state index contributed by atoms with van der Waals surface area (Å²) in [5.41, 5.74) is 0.719. The minimum Gasteiger partial charge on any atom is -0.389 e. The van der Waals surface area contributed by atoms with Crippen LogP contribution in [0.3, 0.4) is 0 Å². The van der Waals surface area contributed by atoms with Gasteiger partial charge in [-0.05, 0) is 43.0 Å². The molecule has 3 rings (SSSR count). The van der Waals surface area contributed by atoms with Crippen molar-refractivity contribution in [1.29, 1.82) is 0 Å². The van der Waals surface area contributed by atoms with Gasteiger partial charge in [-0.3, -0.25) is 4.79 Å². The van der Waals surface area contributed by atoms with Crippen LogP contribution in [0.2, 0.25) is 0 Å². The van der Waals surface area contributed by atoms with E-state index in [1.807, 2.05) is 0 Å². The van der Waals surface area contributed by atoms with E-state index >= 15 is 0 Å². The zero-order valence-corrected chi connectivity index (χ0v) is 13.1. The molecule has 1 fully saturated rings. The Morgan fingerprint density at radius 1 is 1.42 bits per heavy atom. The number of aliphatic hydroxyl groups is 1. The van der Waals surface area contributed by atoms with Crippen molar-refractivity contribution >= 4 is 5.91 Å². The second-order valence-electron chi connectivity index (χ2n) is 5.93. The van der Waals surface area contributed by atoms with Gasteiger partial charge in [0, 0.05) is 24.8 Å². The Hall–Kier alpha value is -2.25. The maximum atomic E-state index is 12.9. The lowest BCUT2D eigenvalue weighted by molar-refractivity contribution is 0.0320. The molecule has 0 aliphatic heterocycles. The van der Waals surface area contributed by atoms with Gasteiger partial charge >= 0.3 is 0 Å². The van der Waals surface area contributed by atoms with E-state index in [4.69, 9.17) is 9.26 Å². The molecule has 1 amide bonds. The van der Waals surface area contributed by atoms with Gasteiger partial charge in [0.15, 0.2) is 11.5 Å². The van der Waals surface area contributed by atoms with Crippen LogP contribution in [0, 0.1) is 11.7 Å². The van der Waals surface area contributed by atoms with Crippen molar-refractivity contribution in [2.24, 2.45) is 5.92 Å². The van der Waals surface area contributed by atoms with Crippen LogP contribution in [0.4, 0.5) is 4.39 Å². The van der Waals surface area contributed by atoms with Gasteiger partial charge in [-0.1, -0.05) is 5.16 Å². The van der Waals surface area contributed by atoms with E-state index in [1.165, 1.54) is 31.0 Å². The molecular weight excluding hydrogens is 315 g/mol. The number of hydrogen-bond acceptors (Lipinski definition) is 5. The number of rotatable bonds is 8. The van der Waals surface area contributed by atoms with Crippen LogP contribution in [0.15, 0.2) is 34.9 Å². The summed E-state index contributed by atoms with van der Waals surface area (Å²) >= 11 is 0. The van der Waals surface area contributed by atoms with Gasteiger partial charge < -0.3 is 19.7 Å². The van der Waals surface area contributed by atoms with Crippen molar-refractivity contribution in [2.45, 2.75) is 18.9 Å². The molecule has 0 bridgehead atoms. The number of amides is 1. The summed E-state index contributed by atoms with van der Waals surface area (Å²) in [5, 5.41) is 16.0. The number of aliphatic hydroxyl groups excluding tert-OH is 1. The topological polar surface area (TPSA) is 84.6 Å². The van der Waals surface area contributed by atoms with Gasteiger partial charge in [0.1, 0.15) is 5.82 Å². The van der Waals surface area contributed by atoms with Crippen LogP contribution in [0.5, 0.6) is 0 Å². The van der Waals surface area contributed by atoms with Crippen LogP contribution in [-0.4, -0.2) is 42.0 Å². The van der Waals surface area contributed by atoms with E-state index in [2.05, 4.69) is 10.5 Å². The minimum absolute atomic E-state index is 0.0717. The van der Waals surface area contributed by atoms with E-state index in [-0.39, 0.29) is 24.7 Å². The highest BCUT2D eigenvalue weighted by Crippen LogP contribution is 2.28. The maximum Gasteiger partial charge on any atom is 0.273 e. The molecule has 1 atom stereocenters. The molecule has 0 saturated heterocycles. The highest BCUT2D eigenvalue weighted by molar-refractivity contribution is 5.93. The molecule has 1 heterocycles. The van der Waals surface area contributed by atoms with Gasteiger partial charge in [0.05, 0.1) is 12.7 Å². The molecule has 1 saturated carbocycles. The Balaban J connectivity index is 1.47. The molecular formula is C17H19FN2O4. The molecule has 128 valence electrons. The lowest BCUT2D eigenvalue weighted by Gasteiger charge is -2.11. The standard InChI is InChI=1S/C17H19FN2O4/c18-13-5-3-12(4-6-13)16-7-15(20-24-16)17(22)19-8-14(21)10-23-9-11-1-2-11/h3-7,11,14,21H,1-2,8-10H2,(H,19,22). The maximum absolute atomic E-state index is 12.9. The van der Waals surface area contributed by atoms with Gasteiger partial charge in [0.2, 0.25) is 0 Å². The van der Waals surface area contributed by atoms with Crippen molar-refractivity contribution in [3.05, 3.63) is 41.8 Å². The predicted octanol–water partition coefficient (Wildman–Crippen LogP) is 2.00. The molecule has 0 spiro atoms. The monoisotopic (exact) mass is 334 g/mol. The molecule has 7 heteroatoms. The normalized spacial score (nSPS) is 15.2. The molecule has 1 aliphatic carbocycles. The third-order valence-corrected chi connectivity index (χ3v) is 3.73. The van der Waals surface area contributed by atoms with Crippen LogP contribution in [0.1, 0.15) is 23.3 Å². The Labute approximate surface area is 138 Å². The van der Waals surface area contributed by atoms with Crippen LogP contribution in [-0.2, 0) is 4.74 Å². The zero-order chi connectivity index (χ0) is 16.9. The Morgan fingerprint density at radius 2 is 2.17 bits per heavy atom. The third kappa shape index (κ3) is 4.62. The van der Waals surface area contributed by atoms with Gasteiger partial charge in [-0.2, -0.15) is 0 Å². The second kappa shape index (κ2) is 7.55. The zero-order valence-electron chi connectivity index (χ0n) is 13.1. The second-order valence-corrected chi connectivity index (χ2v) is 5.93. The highest BCUT2D eigenvalue weighted by atomic mass is 19.1. The summed E-state index contributed by atoms with van der Waals surface area (Å²) in [5.74, 6) is 0.197. The van der Waals surface area contributed by atoms with Crippen molar-refractivity contribution in [2.75, 3.05) is 19.8 Å². The molecule has 6 nitrogen and oxygen atoms in total. The smallest absolute Gasteiger partial charge is 0.273 e. The van der Waals surface area contributed by atoms with Crippen LogP contribution >= 0.6 is 0 Å². The molecule has 2 aromatic rings. The number of hydrogen-bond donors (Lipinski definition) is 2. The molecule has 2 N–H and O–H groups in total. The van der Waals surface area contributed by atoms with Crippen molar-refractivity contribution < 1.29 is 23.6 Å². The van der Waals surface area contributed by atoms with E-state index in [0.717, 1.165) is 0 Å². The molecule has 0 radical (unpaired) electrons. The largest absolute Gasteiger partial charge is 0.389 e. The summed E-state index contributed by atoms with van der Waals surface area (Å²) < 4.78 is 23.4. The predicted molar refractivity (Wildman–Crippen MR) is 83.8 cm³/mol. The first-order chi connectivity index (χ1) is 11.6. The number of halogens is 1. The molecule has 1 unspecified atom stereocenters. The Morgan fingerprint density at radius 3 is 2.88 bits per heavy atom. The number of nitrogens with zero attached hydrogens (tertiary/aromatic N) is 1. The Bertz CT molecular complexity index is 682. The average molecular weight is 334 g/mol. The number of aromatic nitrogens is 1.